The molecule has 0 atom stereocenters. The summed E-state index contributed by atoms with van der Waals surface area (Å²) in [5.74, 6) is 0.580. The Morgan fingerprint density at radius 3 is 1.64 bits per heavy atom. The molecule has 2 aromatic carbocycles. The van der Waals surface area contributed by atoms with Gasteiger partial charge in [-0.25, -0.2) is 0 Å². The maximum absolute atomic E-state index is 5.83. The minimum atomic E-state index is 0.206. The quantitative estimate of drug-likeness (QED) is 0.675. The minimum absolute atomic E-state index is 0.206. The van der Waals surface area contributed by atoms with Gasteiger partial charge in [-0.2, -0.15) is 0 Å². The SMILES string of the molecule is CC(C)c1ccc(COCc2ccc(C(C)(C)C)cc2)cc1. The van der Waals surface area contributed by atoms with Crippen LogP contribution in [0.1, 0.15) is 62.8 Å². The first-order valence-corrected chi connectivity index (χ1v) is 8.12. The first-order valence-electron chi connectivity index (χ1n) is 8.12. The van der Waals surface area contributed by atoms with Crippen LogP contribution >= 0.6 is 0 Å². The smallest absolute Gasteiger partial charge is 0.0721 e. The summed E-state index contributed by atoms with van der Waals surface area (Å²) in [5.41, 5.74) is 5.40. The zero-order valence-corrected chi connectivity index (χ0v) is 14.5. The van der Waals surface area contributed by atoms with Crippen molar-refractivity contribution in [1.29, 1.82) is 0 Å². The van der Waals surface area contributed by atoms with Crippen molar-refractivity contribution in [3.8, 4) is 0 Å². The van der Waals surface area contributed by atoms with Crippen molar-refractivity contribution >= 4 is 0 Å². The molecule has 0 unspecified atom stereocenters. The van der Waals surface area contributed by atoms with Gasteiger partial charge in [-0.3, -0.25) is 0 Å². The van der Waals surface area contributed by atoms with E-state index in [1.807, 2.05) is 0 Å². The molecule has 0 saturated carbocycles. The van der Waals surface area contributed by atoms with Gasteiger partial charge in [-0.05, 0) is 33.6 Å². The average Bonchev–Trinajstić information content (AvgIpc) is 2.47. The molecule has 2 rings (SSSR count). The molecule has 0 aliphatic carbocycles. The van der Waals surface area contributed by atoms with Crippen LogP contribution in [-0.2, 0) is 23.4 Å². The molecular formula is C21H28O. The molecule has 0 spiro atoms. The number of ether oxygens (including phenoxy) is 1. The molecule has 0 fully saturated rings. The van der Waals surface area contributed by atoms with Gasteiger partial charge in [0.2, 0.25) is 0 Å². The maximum Gasteiger partial charge on any atom is 0.0721 e. The Labute approximate surface area is 135 Å². The fourth-order valence-corrected chi connectivity index (χ4v) is 2.39. The van der Waals surface area contributed by atoms with Crippen LogP contribution in [0.3, 0.4) is 0 Å². The fraction of sp³-hybridized carbons (Fsp3) is 0.429. The van der Waals surface area contributed by atoms with E-state index in [0.29, 0.717) is 19.1 Å². The van der Waals surface area contributed by atoms with Gasteiger partial charge in [-0.15, -0.1) is 0 Å². The van der Waals surface area contributed by atoms with Crippen LogP contribution in [0.4, 0.5) is 0 Å². The summed E-state index contributed by atoms with van der Waals surface area (Å²) >= 11 is 0. The van der Waals surface area contributed by atoms with E-state index in [2.05, 4.69) is 83.1 Å². The summed E-state index contributed by atoms with van der Waals surface area (Å²) < 4.78 is 5.83. The van der Waals surface area contributed by atoms with Crippen molar-refractivity contribution in [3.63, 3.8) is 0 Å². The standard InChI is InChI=1S/C21H28O/c1-16(2)19-10-6-17(7-11-19)14-22-15-18-8-12-20(13-9-18)21(3,4)5/h6-13,16H,14-15H2,1-5H3. The second-order valence-electron chi connectivity index (χ2n) is 7.34. The Morgan fingerprint density at radius 1 is 0.773 bits per heavy atom. The molecule has 0 radical (unpaired) electrons. The third-order valence-electron chi connectivity index (χ3n) is 4.00. The van der Waals surface area contributed by atoms with Crippen molar-refractivity contribution in [2.24, 2.45) is 0 Å². The Morgan fingerprint density at radius 2 is 1.23 bits per heavy atom. The van der Waals surface area contributed by atoms with Crippen molar-refractivity contribution < 1.29 is 4.74 Å². The second-order valence-corrected chi connectivity index (χ2v) is 7.34. The minimum Gasteiger partial charge on any atom is -0.372 e. The van der Waals surface area contributed by atoms with Crippen LogP contribution in [0.25, 0.3) is 0 Å². The summed E-state index contributed by atoms with van der Waals surface area (Å²) in [6, 6.07) is 17.5. The van der Waals surface area contributed by atoms with Crippen molar-refractivity contribution in [2.45, 2.75) is 59.2 Å². The molecule has 22 heavy (non-hydrogen) atoms. The third kappa shape index (κ3) is 4.71. The Hall–Kier alpha value is -1.60. The van der Waals surface area contributed by atoms with Gasteiger partial charge in [0.1, 0.15) is 0 Å². The molecule has 0 amide bonds. The van der Waals surface area contributed by atoms with E-state index in [1.54, 1.807) is 0 Å². The molecule has 0 aliphatic heterocycles. The van der Waals surface area contributed by atoms with Crippen LogP contribution in [0.5, 0.6) is 0 Å². The van der Waals surface area contributed by atoms with E-state index in [1.165, 1.54) is 22.3 Å². The van der Waals surface area contributed by atoms with Crippen LogP contribution in [-0.4, -0.2) is 0 Å². The topological polar surface area (TPSA) is 9.23 Å². The summed E-state index contributed by atoms with van der Waals surface area (Å²) in [6.45, 7) is 12.5. The lowest BCUT2D eigenvalue weighted by Gasteiger charge is -2.19. The highest BCUT2D eigenvalue weighted by Gasteiger charge is 2.12. The number of hydrogen-bond acceptors (Lipinski definition) is 1. The molecule has 0 heterocycles. The van der Waals surface area contributed by atoms with Crippen LogP contribution < -0.4 is 0 Å². The van der Waals surface area contributed by atoms with E-state index in [0.717, 1.165) is 0 Å². The highest BCUT2D eigenvalue weighted by atomic mass is 16.5. The van der Waals surface area contributed by atoms with E-state index in [-0.39, 0.29) is 5.41 Å². The molecule has 0 N–H and O–H groups in total. The predicted octanol–water partition coefficient (Wildman–Crippen LogP) is 5.82. The van der Waals surface area contributed by atoms with Gasteiger partial charge >= 0.3 is 0 Å². The van der Waals surface area contributed by atoms with E-state index in [9.17, 15) is 0 Å². The number of benzene rings is 2. The fourth-order valence-electron chi connectivity index (χ4n) is 2.39. The molecule has 0 aromatic heterocycles. The first kappa shape index (κ1) is 16.8. The molecular weight excluding hydrogens is 268 g/mol. The van der Waals surface area contributed by atoms with E-state index in [4.69, 9.17) is 4.74 Å². The summed E-state index contributed by atoms with van der Waals surface area (Å²) in [4.78, 5) is 0. The Kier molecular flexibility index (Phi) is 5.42. The van der Waals surface area contributed by atoms with Gasteiger partial charge in [0.15, 0.2) is 0 Å². The normalized spacial score (nSPS) is 11.9. The number of rotatable bonds is 5. The first-order chi connectivity index (χ1) is 10.4. The Bertz CT molecular complexity index is 571. The van der Waals surface area contributed by atoms with E-state index >= 15 is 0 Å². The lowest BCUT2D eigenvalue weighted by atomic mass is 9.87. The van der Waals surface area contributed by atoms with Crippen molar-refractivity contribution in [1.82, 2.24) is 0 Å². The van der Waals surface area contributed by atoms with Crippen LogP contribution in [0.15, 0.2) is 48.5 Å². The molecule has 118 valence electrons. The summed E-state index contributed by atoms with van der Waals surface area (Å²) in [6.07, 6.45) is 0. The lowest BCUT2D eigenvalue weighted by Crippen LogP contribution is -2.10. The highest BCUT2D eigenvalue weighted by molar-refractivity contribution is 5.27. The monoisotopic (exact) mass is 296 g/mol. The zero-order chi connectivity index (χ0) is 16.2. The van der Waals surface area contributed by atoms with Gasteiger partial charge in [0.05, 0.1) is 13.2 Å². The molecule has 0 aliphatic rings. The third-order valence-corrected chi connectivity index (χ3v) is 4.00. The van der Waals surface area contributed by atoms with E-state index < -0.39 is 0 Å². The highest BCUT2D eigenvalue weighted by Crippen LogP contribution is 2.22. The zero-order valence-electron chi connectivity index (χ0n) is 14.5. The molecule has 1 nitrogen and oxygen atoms in total. The molecule has 1 heteroatoms. The van der Waals surface area contributed by atoms with Crippen LogP contribution in [0.2, 0.25) is 0 Å². The molecule has 0 bridgehead atoms. The Balaban J connectivity index is 1.86. The second kappa shape index (κ2) is 7.11. The summed E-state index contributed by atoms with van der Waals surface area (Å²) in [5, 5.41) is 0. The lowest BCUT2D eigenvalue weighted by molar-refractivity contribution is 0.107. The van der Waals surface area contributed by atoms with Crippen molar-refractivity contribution in [2.75, 3.05) is 0 Å². The van der Waals surface area contributed by atoms with Gasteiger partial charge in [0, 0.05) is 0 Å². The largest absolute Gasteiger partial charge is 0.372 e. The van der Waals surface area contributed by atoms with Crippen LogP contribution in [0, 0.1) is 0 Å². The van der Waals surface area contributed by atoms with Gasteiger partial charge in [-0.1, -0.05) is 83.1 Å². The van der Waals surface area contributed by atoms with Crippen molar-refractivity contribution in [3.05, 3.63) is 70.8 Å². The number of hydrogen-bond donors (Lipinski definition) is 0. The maximum atomic E-state index is 5.83. The summed E-state index contributed by atoms with van der Waals surface area (Å²) in [7, 11) is 0. The molecule has 0 saturated heterocycles. The van der Waals surface area contributed by atoms with Gasteiger partial charge < -0.3 is 4.74 Å². The van der Waals surface area contributed by atoms with Gasteiger partial charge in [0.25, 0.3) is 0 Å². The predicted molar refractivity (Wildman–Crippen MR) is 94.2 cm³/mol. The average molecular weight is 296 g/mol. The molecule has 2 aromatic rings.